The number of methoxy groups -OCH3 is 1. The fourth-order valence-electron chi connectivity index (χ4n) is 1.44. The minimum Gasteiger partial charge on any atom is -0.465 e. The van der Waals surface area contributed by atoms with Gasteiger partial charge in [-0.25, -0.2) is 4.79 Å². The molecule has 92 valence electrons. The van der Waals surface area contributed by atoms with E-state index in [-0.39, 0.29) is 5.91 Å². The smallest absolute Gasteiger partial charge is 0.337 e. The molecule has 1 N–H and O–H groups in total. The van der Waals surface area contributed by atoms with Gasteiger partial charge in [-0.05, 0) is 29.6 Å². The molecule has 0 atom stereocenters. The van der Waals surface area contributed by atoms with E-state index in [1.54, 1.807) is 18.2 Å². The first-order chi connectivity index (χ1) is 8.70. The molecule has 1 aromatic carbocycles. The van der Waals surface area contributed by atoms with Crippen molar-refractivity contribution in [3.8, 4) is 0 Å². The van der Waals surface area contributed by atoms with Gasteiger partial charge >= 0.3 is 5.97 Å². The number of rotatable bonds is 3. The third-order valence-corrected chi connectivity index (χ3v) is 3.01. The van der Waals surface area contributed by atoms with Crippen LogP contribution in [0.1, 0.15) is 20.7 Å². The number of carbonyl (C=O) groups is 2. The number of nitrogens with one attached hydrogen (secondary N) is 1. The van der Waals surface area contributed by atoms with E-state index >= 15 is 0 Å². The van der Waals surface area contributed by atoms with E-state index < -0.39 is 5.97 Å². The minimum atomic E-state index is -0.458. The first-order valence-corrected chi connectivity index (χ1v) is 6.17. The maximum Gasteiger partial charge on any atom is 0.337 e. The molecule has 0 aliphatic rings. The Bertz CT molecular complexity index is 563. The van der Waals surface area contributed by atoms with Crippen molar-refractivity contribution in [1.29, 1.82) is 0 Å². The Morgan fingerprint density at radius 2 is 2.00 bits per heavy atom. The number of carbonyl (C=O) groups excluding carboxylic acids is 2. The molecule has 1 amide bonds. The topological polar surface area (TPSA) is 55.4 Å². The summed E-state index contributed by atoms with van der Waals surface area (Å²) in [5.41, 5.74) is 1.52. The largest absolute Gasteiger partial charge is 0.465 e. The van der Waals surface area contributed by atoms with Gasteiger partial charge in [0.15, 0.2) is 0 Å². The summed E-state index contributed by atoms with van der Waals surface area (Å²) in [6.07, 6.45) is 0. The Morgan fingerprint density at radius 3 is 2.67 bits per heavy atom. The highest BCUT2D eigenvalue weighted by Crippen LogP contribution is 2.14. The predicted molar refractivity (Wildman–Crippen MR) is 70.1 cm³/mol. The van der Waals surface area contributed by atoms with Gasteiger partial charge in [-0.2, -0.15) is 11.3 Å². The van der Waals surface area contributed by atoms with Crippen molar-refractivity contribution in [2.24, 2.45) is 0 Å². The standard InChI is InChI=1S/C13H11NO3S/c1-17-13(16)10-4-2-3-9(7-10)12(15)14-11-5-6-18-8-11/h2-8H,1H3,(H,14,15). The molecule has 0 radical (unpaired) electrons. The molecule has 1 aromatic heterocycles. The lowest BCUT2D eigenvalue weighted by molar-refractivity contribution is 0.0600. The van der Waals surface area contributed by atoms with Crippen molar-refractivity contribution in [3.05, 3.63) is 52.2 Å². The fraction of sp³-hybridized carbons (Fsp3) is 0.0769. The van der Waals surface area contributed by atoms with Gasteiger partial charge in [0, 0.05) is 10.9 Å². The molecule has 0 unspecified atom stereocenters. The number of benzene rings is 1. The van der Waals surface area contributed by atoms with Gasteiger partial charge in [0.1, 0.15) is 0 Å². The van der Waals surface area contributed by atoms with Crippen LogP contribution in [0.3, 0.4) is 0 Å². The molecule has 0 aliphatic carbocycles. The molecule has 18 heavy (non-hydrogen) atoms. The molecule has 0 spiro atoms. The van der Waals surface area contributed by atoms with E-state index in [9.17, 15) is 9.59 Å². The summed E-state index contributed by atoms with van der Waals surface area (Å²) in [5, 5.41) is 6.45. The quantitative estimate of drug-likeness (QED) is 0.864. The van der Waals surface area contributed by atoms with E-state index in [2.05, 4.69) is 10.1 Å². The summed E-state index contributed by atoms with van der Waals surface area (Å²) in [7, 11) is 1.31. The van der Waals surface area contributed by atoms with Crippen molar-refractivity contribution in [1.82, 2.24) is 0 Å². The van der Waals surface area contributed by atoms with E-state index in [0.717, 1.165) is 5.69 Å². The molecular formula is C13H11NO3S. The van der Waals surface area contributed by atoms with Crippen molar-refractivity contribution >= 4 is 28.9 Å². The van der Waals surface area contributed by atoms with Crippen molar-refractivity contribution < 1.29 is 14.3 Å². The van der Waals surface area contributed by atoms with Gasteiger partial charge in [-0.15, -0.1) is 0 Å². The zero-order valence-electron chi connectivity index (χ0n) is 9.67. The third-order valence-electron chi connectivity index (χ3n) is 2.32. The van der Waals surface area contributed by atoms with Crippen molar-refractivity contribution in [2.45, 2.75) is 0 Å². The summed E-state index contributed by atoms with van der Waals surface area (Å²) < 4.78 is 4.61. The third kappa shape index (κ3) is 2.75. The van der Waals surface area contributed by atoms with Crippen LogP contribution in [-0.4, -0.2) is 19.0 Å². The Hall–Kier alpha value is -2.14. The Morgan fingerprint density at radius 1 is 1.22 bits per heavy atom. The number of hydrogen-bond acceptors (Lipinski definition) is 4. The van der Waals surface area contributed by atoms with Gasteiger partial charge in [-0.3, -0.25) is 4.79 Å². The van der Waals surface area contributed by atoms with E-state index in [4.69, 9.17) is 0 Å². The zero-order valence-corrected chi connectivity index (χ0v) is 10.5. The number of anilines is 1. The average Bonchev–Trinajstić information content (AvgIpc) is 2.90. The van der Waals surface area contributed by atoms with Crippen molar-refractivity contribution in [2.75, 3.05) is 12.4 Å². The molecule has 2 aromatic rings. The molecule has 0 fully saturated rings. The van der Waals surface area contributed by atoms with Crippen LogP contribution in [0.25, 0.3) is 0 Å². The van der Waals surface area contributed by atoms with E-state index in [0.29, 0.717) is 11.1 Å². The summed E-state index contributed by atoms with van der Waals surface area (Å²) in [5.74, 6) is -0.709. The molecule has 1 heterocycles. The first-order valence-electron chi connectivity index (χ1n) is 5.22. The van der Waals surface area contributed by atoms with Gasteiger partial charge in [0.2, 0.25) is 0 Å². The molecule has 0 aliphatic heterocycles. The fourth-order valence-corrected chi connectivity index (χ4v) is 2.03. The maximum absolute atomic E-state index is 11.9. The predicted octanol–water partition coefficient (Wildman–Crippen LogP) is 2.79. The molecule has 0 saturated carbocycles. The zero-order chi connectivity index (χ0) is 13.0. The van der Waals surface area contributed by atoms with Crippen LogP contribution in [0.2, 0.25) is 0 Å². The highest BCUT2D eigenvalue weighted by molar-refractivity contribution is 7.08. The average molecular weight is 261 g/mol. The second kappa shape index (κ2) is 5.46. The number of esters is 1. The van der Waals surface area contributed by atoms with Gasteiger partial charge in [-0.1, -0.05) is 6.07 Å². The number of amides is 1. The van der Waals surface area contributed by atoms with Crippen LogP contribution in [0, 0.1) is 0 Å². The highest BCUT2D eigenvalue weighted by Gasteiger charge is 2.10. The molecule has 2 rings (SSSR count). The van der Waals surface area contributed by atoms with Gasteiger partial charge in [0.05, 0.1) is 18.4 Å². The summed E-state index contributed by atoms with van der Waals surface area (Å²) in [6.45, 7) is 0. The van der Waals surface area contributed by atoms with E-state index in [1.807, 2.05) is 16.8 Å². The molecule has 0 saturated heterocycles. The van der Waals surface area contributed by atoms with Crippen molar-refractivity contribution in [3.63, 3.8) is 0 Å². The van der Waals surface area contributed by atoms with Crippen LogP contribution in [0.15, 0.2) is 41.1 Å². The molecule has 5 heteroatoms. The Kier molecular flexibility index (Phi) is 3.74. The number of ether oxygens (including phenoxy) is 1. The Balaban J connectivity index is 2.18. The van der Waals surface area contributed by atoms with Crippen LogP contribution in [0.4, 0.5) is 5.69 Å². The van der Waals surface area contributed by atoms with E-state index in [1.165, 1.54) is 24.5 Å². The normalized spacial score (nSPS) is 9.83. The molecule has 0 bridgehead atoms. The number of hydrogen-bond donors (Lipinski definition) is 1. The second-order valence-electron chi connectivity index (χ2n) is 3.54. The monoisotopic (exact) mass is 261 g/mol. The molecular weight excluding hydrogens is 250 g/mol. The SMILES string of the molecule is COC(=O)c1cccc(C(=O)Nc2ccsc2)c1. The van der Waals surface area contributed by atoms with Gasteiger partial charge in [0.25, 0.3) is 5.91 Å². The van der Waals surface area contributed by atoms with Crippen LogP contribution in [-0.2, 0) is 4.74 Å². The van der Waals surface area contributed by atoms with Crippen LogP contribution in [0.5, 0.6) is 0 Å². The summed E-state index contributed by atoms with van der Waals surface area (Å²) in [6, 6.07) is 8.22. The van der Waals surface area contributed by atoms with Crippen LogP contribution >= 0.6 is 11.3 Å². The number of thiophene rings is 1. The first kappa shape index (κ1) is 12.3. The van der Waals surface area contributed by atoms with Crippen LogP contribution < -0.4 is 5.32 Å². The second-order valence-corrected chi connectivity index (χ2v) is 4.32. The lowest BCUT2D eigenvalue weighted by atomic mass is 10.1. The Labute approximate surface area is 108 Å². The van der Waals surface area contributed by atoms with Gasteiger partial charge < -0.3 is 10.1 Å². The molecule has 4 nitrogen and oxygen atoms in total. The summed E-state index contributed by atoms with van der Waals surface area (Å²) >= 11 is 1.50. The highest BCUT2D eigenvalue weighted by atomic mass is 32.1. The minimum absolute atomic E-state index is 0.251. The lowest BCUT2D eigenvalue weighted by Crippen LogP contribution is -2.12. The maximum atomic E-state index is 11.9. The summed E-state index contributed by atoms with van der Waals surface area (Å²) in [4.78, 5) is 23.3. The lowest BCUT2D eigenvalue weighted by Gasteiger charge is -2.04.